The third kappa shape index (κ3) is 1.59. The number of aliphatic carboxylic acids is 1. The standard InChI is InChI=1S/C10H11N5O2/c16-10(17)7-2-1-5-14(7)9-4-3-8-12-11-6-15(8)13-9/h3-4,6-7H,1-2,5H2,(H,16,17). The minimum Gasteiger partial charge on any atom is -0.480 e. The number of rotatable bonds is 2. The van der Waals surface area contributed by atoms with Crippen molar-refractivity contribution >= 4 is 17.4 Å². The van der Waals surface area contributed by atoms with Crippen LogP contribution in [0.4, 0.5) is 5.82 Å². The molecule has 3 rings (SSSR count). The fourth-order valence-corrected chi connectivity index (χ4v) is 2.17. The van der Waals surface area contributed by atoms with Crippen LogP contribution in [0, 0.1) is 0 Å². The Hall–Kier alpha value is -2.18. The van der Waals surface area contributed by atoms with Crippen molar-refractivity contribution in [1.82, 2.24) is 19.8 Å². The normalized spacial score (nSPS) is 20.0. The van der Waals surface area contributed by atoms with Crippen molar-refractivity contribution in [2.24, 2.45) is 0 Å². The zero-order chi connectivity index (χ0) is 11.8. The van der Waals surface area contributed by atoms with E-state index < -0.39 is 12.0 Å². The first-order chi connectivity index (χ1) is 8.25. The summed E-state index contributed by atoms with van der Waals surface area (Å²) < 4.78 is 1.55. The number of anilines is 1. The highest BCUT2D eigenvalue weighted by Crippen LogP contribution is 2.23. The van der Waals surface area contributed by atoms with Gasteiger partial charge >= 0.3 is 5.97 Å². The molecule has 3 heterocycles. The minimum atomic E-state index is -0.798. The molecule has 0 spiro atoms. The van der Waals surface area contributed by atoms with E-state index >= 15 is 0 Å². The maximum Gasteiger partial charge on any atom is 0.326 e. The van der Waals surface area contributed by atoms with Crippen LogP contribution in [0.3, 0.4) is 0 Å². The lowest BCUT2D eigenvalue weighted by Gasteiger charge is -2.21. The number of hydrogen-bond donors (Lipinski definition) is 1. The van der Waals surface area contributed by atoms with Crippen LogP contribution in [0.1, 0.15) is 12.8 Å². The summed E-state index contributed by atoms with van der Waals surface area (Å²) in [5.41, 5.74) is 0.653. The zero-order valence-corrected chi connectivity index (χ0v) is 9.02. The average Bonchev–Trinajstić information content (AvgIpc) is 2.96. The summed E-state index contributed by atoms with van der Waals surface area (Å²) in [5, 5.41) is 21.0. The Bertz CT molecular complexity index is 567. The summed E-state index contributed by atoms with van der Waals surface area (Å²) in [6.07, 6.45) is 3.04. The van der Waals surface area contributed by atoms with Gasteiger partial charge in [-0.15, -0.1) is 15.3 Å². The number of fused-ring (bicyclic) bond motifs is 1. The van der Waals surface area contributed by atoms with Crippen LogP contribution >= 0.6 is 0 Å². The highest BCUT2D eigenvalue weighted by Gasteiger charge is 2.31. The van der Waals surface area contributed by atoms with E-state index in [0.717, 1.165) is 13.0 Å². The Morgan fingerprint density at radius 1 is 1.47 bits per heavy atom. The number of aromatic nitrogens is 4. The van der Waals surface area contributed by atoms with Gasteiger partial charge in [-0.3, -0.25) is 0 Å². The summed E-state index contributed by atoms with van der Waals surface area (Å²) in [5.74, 6) is -0.143. The van der Waals surface area contributed by atoms with Crippen molar-refractivity contribution in [2.45, 2.75) is 18.9 Å². The molecule has 0 aromatic carbocycles. The number of nitrogens with zero attached hydrogens (tertiary/aromatic N) is 5. The van der Waals surface area contributed by atoms with Crippen LogP contribution in [0.2, 0.25) is 0 Å². The molecular weight excluding hydrogens is 222 g/mol. The van der Waals surface area contributed by atoms with Crippen molar-refractivity contribution in [2.75, 3.05) is 11.4 Å². The number of carbonyl (C=O) groups is 1. The minimum absolute atomic E-state index is 0.476. The fraction of sp³-hybridized carbons (Fsp3) is 0.400. The van der Waals surface area contributed by atoms with Gasteiger partial charge in [0.2, 0.25) is 0 Å². The molecule has 88 valence electrons. The third-order valence-corrected chi connectivity index (χ3v) is 2.98. The fourth-order valence-electron chi connectivity index (χ4n) is 2.17. The van der Waals surface area contributed by atoms with E-state index in [4.69, 9.17) is 5.11 Å². The predicted octanol–water partition coefficient (Wildman–Crippen LogP) is 0.178. The van der Waals surface area contributed by atoms with Gasteiger partial charge < -0.3 is 10.0 Å². The quantitative estimate of drug-likeness (QED) is 0.796. The van der Waals surface area contributed by atoms with E-state index in [-0.39, 0.29) is 0 Å². The maximum absolute atomic E-state index is 11.1. The van der Waals surface area contributed by atoms with Crippen LogP contribution in [0.5, 0.6) is 0 Å². The van der Waals surface area contributed by atoms with E-state index in [9.17, 15) is 4.79 Å². The molecule has 2 aromatic rings. The topological polar surface area (TPSA) is 83.6 Å². The molecule has 2 aromatic heterocycles. The van der Waals surface area contributed by atoms with Gasteiger partial charge in [0, 0.05) is 6.54 Å². The van der Waals surface area contributed by atoms with Gasteiger partial charge in [-0.1, -0.05) is 0 Å². The highest BCUT2D eigenvalue weighted by atomic mass is 16.4. The second kappa shape index (κ2) is 3.69. The van der Waals surface area contributed by atoms with Gasteiger partial charge in [0.25, 0.3) is 0 Å². The van der Waals surface area contributed by atoms with Crippen molar-refractivity contribution in [3.8, 4) is 0 Å². The summed E-state index contributed by atoms with van der Waals surface area (Å²) in [6, 6.07) is 3.09. The van der Waals surface area contributed by atoms with E-state index in [1.165, 1.54) is 6.33 Å². The van der Waals surface area contributed by atoms with Crippen molar-refractivity contribution < 1.29 is 9.90 Å². The zero-order valence-electron chi connectivity index (χ0n) is 9.02. The van der Waals surface area contributed by atoms with Crippen LogP contribution in [-0.4, -0.2) is 43.5 Å². The molecule has 17 heavy (non-hydrogen) atoms. The monoisotopic (exact) mass is 233 g/mol. The van der Waals surface area contributed by atoms with E-state index in [0.29, 0.717) is 17.9 Å². The van der Waals surface area contributed by atoms with E-state index in [1.54, 1.807) is 16.6 Å². The van der Waals surface area contributed by atoms with Gasteiger partial charge in [-0.25, -0.2) is 4.79 Å². The van der Waals surface area contributed by atoms with Crippen molar-refractivity contribution in [3.05, 3.63) is 18.5 Å². The Kier molecular flexibility index (Phi) is 2.17. The van der Waals surface area contributed by atoms with Gasteiger partial charge in [-0.05, 0) is 25.0 Å². The Morgan fingerprint density at radius 3 is 3.18 bits per heavy atom. The molecule has 1 N–H and O–H groups in total. The third-order valence-electron chi connectivity index (χ3n) is 2.98. The molecule has 1 atom stereocenters. The highest BCUT2D eigenvalue weighted by molar-refractivity contribution is 5.78. The Balaban J connectivity index is 1.99. The Labute approximate surface area is 96.7 Å². The van der Waals surface area contributed by atoms with Crippen LogP contribution in [0.25, 0.3) is 5.65 Å². The lowest BCUT2D eigenvalue weighted by Crippen LogP contribution is -2.36. The van der Waals surface area contributed by atoms with Crippen LogP contribution < -0.4 is 4.90 Å². The summed E-state index contributed by atoms with van der Waals surface area (Å²) in [7, 11) is 0. The summed E-state index contributed by atoms with van der Waals surface area (Å²) in [4.78, 5) is 12.9. The van der Waals surface area contributed by atoms with Crippen molar-refractivity contribution in [3.63, 3.8) is 0 Å². The molecule has 7 heteroatoms. The molecule has 0 radical (unpaired) electrons. The molecule has 0 amide bonds. The van der Waals surface area contributed by atoms with E-state index in [1.807, 2.05) is 4.90 Å². The number of carboxylic acid groups (broad SMARTS) is 1. The SMILES string of the molecule is O=C(O)C1CCCN1c1ccc2nncn2n1. The number of hydrogen-bond acceptors (Lipinski definition) is 5. The molecule has 0 saturated carbocycles. The average molecular weight is 233 g/mol. The molecule has 1 aliphatic rings. The summed E-state index contributed by atoms with van der Waals surface area (Å²) in [6.45, 7) is 0.720. The number of carboxylic acids is 1. The molecule has 1 fully saturated rings. The molecule has 1 saturated heterocycles. The summed E-state index contributed by atoms with van der Waals surface area (Å²) >= 11 is 0. The first-order valence-electron chi connectivity index (χ1n) is 5.42. The molecule has 0 aliphatic carbocycles. The van der Waals surface area contributed by atoms with Crippen LogP contribution in [0.15, 0.2) is 18.5 Å². The smallest absolute Gasteiger partial charge is 0.326 e. The first-order valence-corrected chi connectivity index (χ1v) is 5.42. The first kappa shape index (κ1) is 10.0. The van der Waals surface area contributed by atoms with Crippen molar-refractivity contribution in [1.29, 1.82) is 0 Å². The molecule has 7 nitrogen and oxygen atoms in total. The van der Waals surface area contributed by atoms with Gasteiger partial charge in [0.1, 0.15) is 18.2 Å². The largest absolute Gasteiger partial charge is 0.480 e. The van der Waals surface area contributed by atoms with E-state index in [2.05, 4.69) is 15.3 Å². The maximum atomic E-state index is 11.1. The van der Waals surface area contributed by atoms with Gasteiger partial charge in [0.05, 0.1) is 0 Å². The Morgan fingerprint density at radius 2 is 2.35 bits per heavy atom. The lowest BCUT2D eigenvalue weighted by molar-refractivity contribution is -0.138. The second-order valence-corrected chi connectivity index (χ2v) is 4.01. The van der Waals surface area contributed by atoms with Gasteiger partial charge in [-0.2, -0.15) is 4.52 Å². The molecule has 1 aliphatic heterocycles. The molecule has 0 bridgehead atoms. The van der Waals surface area contributed by atoms with Crippen LogP contribution in [-0.2, 0) is 4.79 Å². The molecular formula is C10H11N5O2. The predicted molar refractivity (Wildman–Crippen MR) is 58.8 cm³/mol. The molecule has 1 unspecified atom stereocenters. The second-order valence-electron chi connectivity index (χ2n) is 4.01. The van der Waals surface area contributed by atoms with Gasteiger partial charge in [0.15, 0.2) is 5.65 Å². The lowest BCUT2D eigenvalue weighted by atomic mass is 10.2.